The lowest BCUT2D eigenvalue weighted by atomic mass is 10.2. The van der Waals surface area contributed by atoms with Gasteiger partial charge in [0.05, 0.1) is 4.90 Å². The standard InChI is InChI=1S/C19H23NO2S/c1-15-7-6-10-19(13-15)23(21,22)20(16(2)18-11-12-18)14-17-8-4-3-5-9-17/h3-10,13,16,18H,11-12,14H2,1-2H3/t16-/m1/s1. The lowest BCUT2D eigenvalue weighted by molar-refractivity contribution is 0.303. The maximum atomic E-state index is 13.2. The van der Waals surface area contributed by atoms with Crippen LogP contribution in [-0.2, 0) is 16.6 Å². The molecule has 4 heteroatoms. The van der Waals surface area contributed by atoms with Crippen molar-refractivity contribution in [3.05, 3.63) is 65.7 Å². The molecule has 0 aliphatic heterocycles. The first kappa shape index (κ1) is 16.2. The third-order valence-corrected chi connectivity index (χ3v) is 6.46. The summed E-state index contributed by atoms with van der Waals surface area (Å²) in [5.41, 5.74) is 1.99. The van der Waals surface area contributed by atoms with Crippen LogP contribution in [0.4, 0.5) is 0 Å². The van der Waals surface area contributed by atoms with Crippen molar-refractivity contribution in [3.63, 3.8) is 0 Å². The van der Waals surface area contributed by atoms with E-state index in [1.807, 2.05) is 56.3 Å². The smallest absolute Gasteiger partial charge is 0.207 e. The predicted octanol–water partition coefficient (Wildman–Crippen LogP) is 3.98. The van der Waals surface area contributed by atoms with Gasteiger partial charge in [-0.05, 0) is 55.9 Å². The van der Waals surface area contributed by atoms with Crippen LogP contribution in [0.3, 0.4) is 0 Å². The van der Waals surface area contributed by atoms with E-state index in [2.05, 4.69) is 0 Å². The molecule has 0 spiro atoms. The fourth-order valence-corrected chi connectivity index (χ4v) is 4.72. The quantitative estimate of drug-likeness (QED) is 0.804. The van der Waals surface area contributed by atoms with Crippen molar-refractivity contribution in [2.75, 3.05) is 0 Å². The second-order valence-electron chi connectivity index (χ2n) is 6.43. The van der Waals surface area contributed by atoms with Crippen LogP contribution in [0.2, 0.25) is 0 Å². The molecule has 0 saturated heterocycles. The van der Waals surface area contributed by atoms with Gasteiger partial charge in [0.15, 0.2) is 0 Å². The third kappa shape index (κ3) is 3.65. The predicted molar refractivity (Wildman–Crippen MR) is 92.5 cm³/mol. The van der Waals surface area contributed by atoms with Gasteiger partial charge in [-0.2, -0.15) is 4.31 Å². The van der Waals surface area contributed by atoms with Gasteiger partial charge >= 0.3 is 0 Å². The van der Waals surface area contributed by atoms with E-state index in [1.54, 1.807) is 16.4 Å². The zero-order valence-corrected chi connectivity index (χ0v) is 14.5. The first-order chi connectivity index (χ1) is 11.0. The molecule has 0 bridgehead atoms. The molecule has 0 N–H and O–H groups in total. The summed E-state index contributed by atoms with van der Waals surface area (Å²) in [6, 6.07) is 17.0. The number of benzene rings is 2. The third-order valence-electron chi connectivity index (χ3n) is 4.54. The van der Waals surface area contributed by atoms with Crippen LogP contribution in [0, 0.1) is 12.8 Å². The van der Waals surface area contributed by atoms with Crippen LogP contribution in [0.25, 0.3) is 0 Å². The Labute approximate surface area is 139 Å². The number of nitrogens with zero attached hydrogens (tertiary/aromatic N) is 1. The van der Waals surface area contributed by atoms with Crippen molar-refractivity contribution < 1.29 is 8.42 Å². The summed E-state index contributed by atoms with van der Waals surface area (Å²) in [7, 11) is -3.49. The average Bonchev–Trinajstić information content (AvgIpc) is 3.38. The summed E-state index contributed by atoms with van der Waals surface area (Å²) in [5, 5.41) is 0. The highest BCUT2D eigenvalue weighted by molar-refractivity contribution is 7.89. The van der Waals surface area contributed by atoms with E-state index in [0.717, 1.165) is 24.0 Å². The summed E-state index contributed by atoms with van der Waals surface area (Å²) in [6.07, 6.45) is 2.24. The van der Waals surface area contributed by atoms with Crippen molar-refractivity contribution in [2.24, 2.45) is 5.92 Å². The van der Waals surface area contributed by atoms with E-state index in [0.29, 0.717) is 17.4 Å². The van der Waals surface area contributed by atoms with Crippen molar-refractivity contribution in [2.45, 2.75) is 44.2 Å². The average molecular weight is 329 g/mol. The van der Waals surface area contributed by atoms with Gasteiger partial charge in [0.1, 0.15) is 0 Å². The van der Waals surface area contributed by atoms with Crippen molar-refractivity contribution in [3.8, 4) is 0 Å². The minimum atomic E-state index is -3.49. The minimum absolute atomic E-state index is 0.0284. The van der Waals surface area contributed by atoms with E-state index in [4.69, 9.17) is 0 Å². The van der Waals surface area contributed by atoms with Gasteiger partial charge in [-0.15, -0.1) is 0 Å². The fraction of sp³-hybridized carbons (Fsp3) is 0.368. The summed E-state index contributed by atoms with van der Waals surface area (Å²) in [6.45, 7) is 4.38. The topological polar surface area (TPSA) is 37.4 Å². The Hall–Kier alpha value is -1.65. The van der Waals surface area contributed by atoms with Crippen molar-refractivity contribution in [1.82, 2.24) is 4.31 Å². The molecule has 3 rings (SSSR count). The first-order valence-electron chi connectivity index (χ1n) is 8.11. The van der Waals surface area contributed by atoms with Crippen LogP contribution in [0.1, 0.15) is 30.9 Å². The SMILES string of the molecule is Cc1cccc(S(=O)(=O)N(Cc2ccccc2)[C@H](C)C2CC2)c1. The first-order valence-corrected chi connectivity index (χ1v) is 9.55. The number of aryl methyl sites for hydroxylation is 1. The van der Waals surface area contributed by atoms with Gasteiger partial charge in [0, 0.05) is 12.6 Å². The molecule has 2 aromatic carbocycles. The summed E-state index contributed by atoms with van der Waals surface area (Å²) >= 11 is 0. The Kier molecular flexibility index (Phi) is 4.55. The Morgan fingerprint density at radius 2 is 1.78 bits per heavy atom. The van der Waals surface area contributed by atoms with E-state index in [1.165, 1.54) is 0 Å². The number of sulfonamides is 1. The lowest BCUT2D eigenvalue weighted by Gasteiger charge is -2.28. The highest BCUT2D eigenvalue weighted by atomic mass is 32.2. The van der Waals surface area contributed by atoms with E-state index in [-0.39, 0.29) is 6.04 Å². The molecular weight excluding hydrogens is 306 g/mol. The molecule has 23 heavy (non-hydrogen) atoms. The monoisotopic (exact) mass is 329 g/mol. The van der Waals surface area contributed by atoms with Gasteiger partial charge in [-0.1, -0.05) is 42.5 Å². The van der Waals surface area contributed by atoms with Gasteiger partial charge in [0.2, 0.25) is 10.0 Å². The number of rotatable bonds is 6. The van der Waals surface area contributed by atoms with E-state index >= 15 is 0 Å². The molecule has 1 aliphatic carbocycles. The van der Waals surface area contributed by atoms with Gasteiger partial charge in [-0.3, -0.25) is 0 Å². The maximum Gasteiger partial charge on any atom is 0.243 e. The number of hydrogen-bond acceptors (Lipinski definition) is 2. The Bertz CT molecular complexity index is 767. The molecule has 0 aromatic heterocycles. The molecule has 0 radical (unpaired) electrons. The molecule has 1 atom stereocenters. The molecule has 3 nitrogen and oxygen atoms in total. The Balaban J connectivity index is 1.96. The van der Waals surface area contributed by atoms with Gasteiger partial charge < -0.3 is 0 Å². The zero-order valence-electron chi connectivity index (χ0n) is 13.6. The molecule has 122 valence electrons. The normalized spacial score (nSPS) is 16.5. The van der Waals surface area contributed by atoms with Gasteiger partial charge in [-0.25, -0.2) is 8.42 Å². The van der Waals surface area contributed by atoms with E-state index < -0.39 is 10.0 Å². The van der Waals surface area contributed by atoms with Crippen LogP contribution < -0.4 is 0 Å². The van der Waals surface area contributed by atoms with Crippen molar-refractivity contribution in [1.29, 1.82) is 0 Å². The largest absolute Gasteiger partial charge is 0.243 e. The number of hydrogen-bond donors (Lipinski definition) is 0. The summed E-state index contributed by atoms with van der Waals surface area (Å²) < 4.78 is 28.1. The van der Waals surface area contributed by atoms with Crippen LogP contribution in [0.15, 0.2) is 59.5 Å². The molecule has 1 fully saturated rings. The van der Waals surface area contributed by atoms with Crippen LogP contribution in [0.5, 0.6) is 0 Å². The molecule has 1 aliphatic rings. The zero-order chi connectivity index (χ0) is 16.4. The van der Waals surface area contributed by atoms with Crippen molar-refractivity contribution >= 4 is 10.0 Å². The fourth-order valence-electron chi connectivity index (χ4n) is 2.94. The molecular formula is C19H23NO2S. The maximum absolute atomic E-state index is 13.2. The Morgan fingerprint density at radius 3 is 2.39 bits per heavy atom. The molecule has 0 unspecified atom stereocenters. The highest BCUT2D eigenvalue weighted by Gasteiger charge is 2.38. The highest BCUT2D eigenvalue weighted by Crippen LogP contribution is 2.37. The summed E-state index contributed by atoms with van der Waals surface area (Å²) in [4.78, 5) is 0.390. The van der Waals surface area contributed by atoms with E-state index in [9.17, 15) is 8.42 Å². The lowest BCUT2D eigenvalue weighted by Crippen LogP contribution is -2.39. The molecule has 2 aromatic rings. The molecule has 0 heterocycles. The second kappa shape index (κ2) is 6.46. The summed E-state index contributed by atoms with van der Waals surface area (Å²) in [5.74, 6) is 0.485. The van der Waals surface area contributed by atoms with Crippen LogP contribution in [-0.4, -0.2) is 18.8 Å². The van der Waals surface area contributed by atoms with Gasteiger partial charge in [0.25, 0.3) is 0 Å². The molecule has 1 saturated carbocycles. The second-order valence-corrected chi connectivity index (χ2v) is 8.32. The molecule has 0 amide bonds. The minimum Gasteiger partial charge on any atom is -0.207 e. The van der Waals surface area contributed by atoms with Crippen LogP contribution >= 0.6 is 0 Å². The Morgan fingerprint density at radius 1 is 1.09 bits per heavy atom.